The third-order valence-electron chi connectivity index (χ3n) is 2.79. The Morgan fingerprint density at radius 2 is 2.20 bits per heavy atom. The number of rotatable bonds is 3. The largest absolute Gasteiger partial charge is 0.306 e. The molecule has 0 unspecified atom stereocenters. The molecule has 2 aromatic rings. The number of aromatic nitrogens is 4. The van der Waals surface area contributed by atoms with Gasteiger partial charge in [-0.1, -0.05) is 20.8 Å². The highest BCUT2D eigenvalue weighted by Crippen LogP contribution is 2.21. The summed E-state index contributed by atoms with van der Waals surface area (Å²) < 4.78 is 1.68. The number of hydrogen-bond donors (Lipinski definition) is 2. The second kappa shape index (κ2) is 5.32. The summed E-state index contributed by atoms with van der Waals surface area (Å²) >= 11 is 0. The summed E-state index contributed by atoms with van der Waals surface area (Å²) in [7, 11) is 1.83. The average molecular weight is 273 g/mol. The predicted octanol–water partition coefficient (Wildman–Crippen LogP) is 2.09. The molecule has 6 nitrogen and oxygen atoms in total. The van der Waals surface area contributed by atoms with Gasteiger partial charge in [-0.05, 0) is 6.08 Å². The summed E-state index contributed by atoms with van der Waals surface area (Å²) in [5, 5.41) is 13.7. The summed E-state index contributed by atoms with van der Waals surface area (Å²) in [6, 6.07) is 1.84. The van der Waals surface area contributed by atoms with E-state index in [9.17, 15) is 4.79 Å². The number of carbonyl (C=O) groups excluding carboxylic acids is 1. The summed E-state index contributed by atoms with van der Waals surface area (Å²) in [4.78, 5) is 11.8. The normalized spacial score (nSPS) is 12.0. The van der Waals surface area contributed by atoms with Crippen LogP contribution < -0.4 is 5.32 Å². The molecule has 6 heteroatoms. The molecule has 0 saturated carbocycles. The number of carbonyl (C=O) groups is 1. The van der Waals surface area contributed by atoms with Crippen molar-refractivity contribution in [2.24, 2.45) is 7.05 Å². The molecule has 0 saturated heterocycles. The van der Waals surface area contributed by atoms with Crippen LogP contribution in [-0.2, 0) is 17.3 Å². The lowest BCUT2D eigenvalue weighted by Crippen LogP contribution is -2.11. The molecule has 0 aliphatic heterocycles. The van der Waals surface area contributed by atoms with E-state index in [4.69, 9.17) is 0 Å². The monoisotopic (exact) mass is 273 g/mol. The number of aromatic amines is 1. The number of nitrogens with zero attached hydrogens (tertiary/aromatic N) is 3. The molecule has 0 spiro atoms. The molecular weight excluding hydrogens is 254 g/mol. The lowest BCUT2D eigenvalue weighted by Gasteiger charge is -2.14. The first-order valence-electron chi connectivity index (χ1n) is 6.38. The van der Waals surface area contributed by atoms with Gasteiger partial charge in [0.2, 0.25) is 5.91 Å². The maximum atomic E-state index is 11.8. The summed E-state index contributed by atoms with van der Waals surface area (Å²) in [5.74, 6) is 0.302. The lowest BCUT2D eigenvalue weighted by atomic mass is 9.92. The van der Waals surface area contributed by atoms with Crippen molar-refractivity contribution in [2.75, 3.05) is 5.32 Å². The highest BCUT2D eigenvalue weighted by molar-refractivity contribution is 6.01. The second-order valence-corrected chi connectivity index (χ2v) is 5.69. The molecule has 2 heterocycles. The van der Waals surface area contributed by atoms with Crippen molar-refractivity contribution in [3.8, 4) is 0 Å². The molecule has 0 fully saturated rings. The minimum absolute atomic E-state index is 0.0263. The summed E-state index contributed by atoms with van der Waals surface area (Å²) in [6.45, 7) is 6.23. The number of H-pyrrole nitrogens is 1. The van der Waals surface area contributed by atoms with Crippen molar-refractivity contribution in [2.45, 2.75) is 26.2 Å². The van der Waals surface area contributed by atoms with Crippen LogP contribution in [0.1, 0.15) is 32.0 Å². The van der Waals surface area contributed by atoms with Gasteiger partial charge in [-0.25, -0.2) is 0 Å². The van der Waals surface area contributed by atoms with Crippen molar-refractivity contribution < 1.29 is 4.79 Å². The van der Waals surface area contributed by atoms with E-state index in [2.05, 4.69) is 41.4 Å². The van der Waals surface area contributed by atoms with Gasteiger partial charge in [0.05, 0.1) is 6.20 Å². The van der Waals surface area contributed by atoms with Gasteiger partial charge in [0, 0.05) is 42.1 Å². The molecule has 1 amide bonds. The SMILES string of the molecule is Cn1cc(/C=C/C(=O)Nc2cc(C(C)(C)C)[nH]n2)cn1. The van der Waals surface area contributed by atoms with Crippen LogP contribution in [0, 0.1) is 0 Å². The van der Waals surface area contributed by atoms with Crippen LogP contribution in [0.5, 0.6) is 0 Å². The highest BCUT2D eigenvalue weighted by atomic mass is 16.1. The van der Waals surface area contributed by atoms with E-state index in [1.54, 1.807) is 17.0 Å². The number of amides is 1. The topological polar surface area (TPSA) is 75.6 Å². The molecule has 0 aliphatic rings. The third kappa shape index (κ3) is 3.57. The molecule has 2 rings (SSSR count). The van der Waals surface area contributed by atoms with Crippen molar-refractivity contribution in [3.05, 3.63) is 35.8 Å². The molecule has 2 aromatic heterocycles. The van der Waals surface area contributed by atoms with Crippen LogP contribution in [0.25, 0.3) is 6.08 Å². The standard InChI is InChI=1S/C14H19N5O/c1-14(2,3)11-7-12(18-17-11)16-13(20)6-5-10-8-15-19(4)9-10/h5-9H,1-4H3,(H2,16,17,18,20)/b6-5+. The molecule has 2 N–H and O–H groups in total. The van der Waals surface area contributed by atoms with Crippen LogP contribution >= 0.6 is 0 Å². The average Bonchev–Trinajstić information content (AvgIpc) is 2.95. The summed E-state index contributed by atoms with van der Waals surface area (Å²) in [6.07, 6.45) is 6.69. The van der Waals surface area contributed by atoms with Crippen LogP contribution in [0.4, 0.5) is 5.82 Å². The molecule has 0 atom stereocenters. The smallest absolute Gasteiger partial charge is 0.249 e. The number of hydrogen-bond acceptors (Lipinski definition) is 3. The molecule has 0 bridgehead atoms. The zero-order valence-corrected chi connectivity index (χ0v) is 12.1. The van der Waals surface area contributed by atoms with Crippen LogP contribution in [-0.4, -0.2) is 25.9 Å². The van der Waals surface area contributed by atoms with Crippen LogP contribution in [0.15, 0.2) is 24.5 Å². The fourth-order valence-electron chi connectivity index (χ4n) is 1.64. The number of nitrogens with one attached hydrogen (secondary N) is 2. The quantitative estimate of drug-likeness (QED) is 0.841. The molecular formula is C14H19N5O. The maximum Gasteiger partial charge on any atom is 0.249 e. The zero-order valence-electron chi connectivity index (χ0n) is 12.1. The van der Waals surface area contributed by atoms with Crippen LogP contribution in [0.3, 0.4) is 0 Å². The van der Waals surface area contributed by atoms with Crippen molar-refractivity contribution in [1.29, 1.82) is 0 Å². The van der Waals surface area contributed by atoms with Gasteiger partial charge in [0.15, 0.2) is 5.82 Å². The van der Waals surface area contributed by atoms with Crippen molar-refractivity contribution in [1.82, 2.24) is 20.0 Å². The van der Waals surface area contributed by atoms with Gasteiger partial charge >= 0.3 is 0 Å². The number of aryl methyl sites for hydroxylation is 1. The Morgan fingerprint density at radius 1 is 1.45 bits per heavy atom. The Kier molecular flexibility index (Phi) is 3.74. The molecule has 106 valence electrons. The highest BCUT2D eigenvalue weighted by Gasteiger charge is 2.16. The Morgan fingerprint density at radius 3 is 2.75 bits per heavy atom. The third-order valence-corrected chi connectivity index (χ3v) is 2.79. The minimum Gasteiger partial charge on any atom is -0.306 e. The van der Waals surface area contributed by atoms with Gasteiger partial charge in [-0.15, -0.1) is 0 Å². The molecule has 0 aliphatic carbocycles. The van der Waals surface area contributed by atoms with E-state index in [1.807, 2.05) is 19.3 Å². The van der Waals surface area contributed by atoms with E-state index < -0.39 is 0 Å². The van der Waals surface area contributed by atoms with Gasteiger partial charge in [-0.2, -0.15) is 10.2 Å². The van der Waals surface area contributed by atoms with Gasteiger partial charge in [0.25, 0.3) is 0 Å². The van der Waals surface area contributed by atoms with E-state index in [-0.39, 0.29) is 11.3 Å². The first kappa shape index (κ1) is 14.0. The fourth-order valence-corrected chi connectivity index (χ4v) is 1.64. The Bertz CT molecular complexity index is 630. The zero-order chi connectivity index (χ0) is 14.8. The summed E-state index contributed by atoms with van der Waals surface area (Å²) in [5.41, 5.74) is 1.82. The predicted molar refractivity (Wildman–Crippen MR) is 78.2 cm³/mol. The van der Waals surface area contributed by atoms with Crippen molar-refractivity contribution >= 4 is 17.8 Å². The Hall–Kier alpha value is -2.37. The molecule has 0 radical (unpaired) electrons. The van der Waals surface area contributed by atoms with Crippen molar-refractivity contribution in [3.63, 3.8) is 0 Å². The van der Waals surface area contributed by atoms with Gasteiger partial charge in [0.1, 0.15) is 0 Å². The first-order valence-corrected chi connectivity index (χ1v) is 6.38. The van der Waals surface area contributed by atoms with E-state index in [0.29, 0.717) is 5.82 Å². The van der Waals surface area contributed by atoms with E-state index in [1.165, 1.54) is 6.08 Å². The lowest BCUT2D eigenvalue weighted by molar-refractivity contribution is -0.111. The Labute approximate surface area is 117 Å². The minimum atomic E-state index is -0.221. The molecule has 20 heavy (non-hydrogen) atoms. The second-order valence-electron chi connectivity index (χ2n) is 5.69. The van der Waals surface area contributed by atoms with Gasteiger partial charge in [-0.3, -0.25) is 14.6 Å². The number of anilines is 1. The fraction of sp³-hybridized carbons (Fsp3) is 0.357. The molecule has 0 aromatic carbocycles. The first-order chi connectivity index (χ1) is 9.34. The van der Waals surface area contributed by atoms with Gasteiger partial charge < -0.3 is 5.32 Å². The maximum absolute atomic E-state index is 11.8. The van der Waals surface area contributed by atoms with E-state index in [0.717, 1.165) is 11.3 Å². The Balaban J connectivity index is 1.98. The van der Waals surface area contributed by atoms with Crippen LogP contribution in [0.2, 0.25) is 0 Å². The van der Waals surface area contributed by atoms with E-state index >= 15 is 0 Å².